The Bertz CT molecular complexity index is 1050. The third kappa shape index (κ3) is 3.49. The number of amides is 1. The number of benzene rings is 2. The first-order valence-corrected chi connectivity index (χ1v) is 10.0. The fourth-order valence-electron chi connectivity index (χ4n) is 3.69. The normalized spacial score (nSPS) is 16.9. The molecule has 1 saturated heterocycles. The Kier molecular flexibility index (Phi) is 5.09. The lowest BCUT2D eigenvalue weighted by Gasteiger charge is -2.31. The van der Waals surface area contributed by atoms with E-state index in [2.05, 4.69) is 9.59 Å². The molecule has 2 heterocycles. The first-order chi connectivity index (χ1) is 13.6. The molecule has 1 aliphatic heterocycles. The number of methoxy groups -OCH3 is 1. The molecular weight excluding hydrogens is 374 g/mol. The van der Waals surface area contributed by atoms with Crippen molar-refractivity contribution in [3.05, 3.63) is 52.5 Å². The van der Waals surface area contributed by atoms with Gasteiger partial charge in [-0.15, -0.1) is 5.10 Å². The van der Waals surface area contributed by atoms with E-state index < -0.39 is 0 Å². The van der Waals surface area contributed by atoms with E-state index in [1.165, 1.54) is 0 Å². The van der Waals surface area contributed by atoms with Gasteiger partial charge in [0, 0.05) is 24.6 Å². The molecule has 1 amide bonds. The van der Waals surface area contributed by atoms with Crippen LogP contribution in [-0.2, 0) is 0 Å². The number of aryl methyl sites for hydroxylation is 1. The minimum Gasteiger partial charge on any atom is -0.497 e. The van der Waals surface area contributed by atoms with Crippen molar-refractivity contribution in [3.63, 3.8) is 0 Å². The van der Waals surface area contributed by atoms with Crippen LogP contribution in [0.3, 0.4) is 0 Å². The number of rotatable bonds is 4. The van der Waals surface area contributed by atoms with Gasteiger partial charge in [0.05, 0.1) is 12.8 Å². The van der Waals surface area contributed by atoms with Crippen molar-refractivity contribution in [2.75, 3.05) is 20.2 Å². The topological polar surface area (TPSA) is 72.4 Å². The maximum Gasteiger partial charge on any atom is 0.267 e. The number of likely N-dealkylation sites (tertiary alicyclic amines) is 1. The Labute approximate surface area is 167 Å². The van der Waals surface area contributed by atoms with Gasteiger partial charge in [-0.2, -0.15) is 0 Å². The number of nitrogens with zero attached hydrogens (tertiary/aromatic N) is 3. The van der Waals surface area contributed by atoms with Crippen LogP contribution in [-0.4, -0.2) is 46.4 Å². The van der Waals surface area contributed by atoms with Crippen LogP contribution in [0.15, 0.2) is 36.4 Å². The number of fused-ring (bicyclic) bond motifs is 1. The standard InChI is InChI=1S/C21H21N3O3S/c1-13-20(28-23-22-13)21(26)24-9-3-4-17(12-24)19(25)16-6-5-15-11-18(27-2)8-7-14(15)10-16/h5-8,10-11,17H,3-4,9,12H2,1-2H3/t17-/m0/s1. The van der Waals surface area contributed by atoms with Crippen LogP contribution in [0, 0.1) is 12.8 Å². The summed E-state index contributed by atoms with van der Waals surface area (Å²) in [5.41, 5.74) is 1.33. The number of aromatic nitrogens is 2. The minimum absolute atomic E-state index is 0.0735. The Morgan fingerprint density at radius 2 is 1.96 bits per heavy atom. The van der Waals surface area contributed by atoms with Gasteiger partial charge in [-0.05, 0) is 60.3 Å². The maximum atomic E-state index is 13.1. The van der Waals surface area contributed by atoms with E-state index in [9.17, 15) is 9.59 Å². The molecule has 1 aliphatic rings. The fraction of sp³-hybridized carbons (Fsp3) is 0.333. The van der Waals surface area contributed by atoms with Crippen LogP contribution < -0.4 is 4.74 Å². The molecule has 1 atom stereocenters. The molecule has 7 heteroatoms. The van der Waals surface area contributed by atoms with E-state index in [0.717, 1.165) is 40.9 Å². The molecule has 28 heavy (non-hydrogen) atoms. The minimum atomic E-state index is -0.186. The summed E-state index contributed by atoms with van der Waals surface area (Å²) in [7, 11) is 1.64. The number of ether oxygens (including phenoxy) is 1. The van der Waals surface area contributed by atoms with Crippen molar-refractivity contribution in [1.82, 2.24) is 14.5 Å². The third-order valence-corrected chi connectivity index (χ3v) is 6.07. The lowest BCUT2D eigenvalue weighted by atomic mass is 9.89. The molecule has 0 N–H and O–H groups in total. The first kappa shape index (κ1) is 18.6. The van der Waals surface area contributed by atoms with Crippen molar-refractivity contribution in [3.8, 4) is 5.75 Å². The summed E-state index contributed by atoms with van der Waals surface area (Å²) in [6.07, 6.45) is 1.61. The highest BCUT2D eigenvalue weighted by atomic mass is 32.1. The number of hydrogen-bond donors (Lipinski definition) is 0. The molecule has 0 aliphatic carbocycles. The van der Waals surface area contributed by atoms with Crippen LogP contribution >= 0.6 is 11.5 Å². The second-order valence-electron chi connectivity index (χ2n) is 7.07. The smallest absolute Gasteiger partial charge is 0.267 e. The number of ketones is 1. The summed E-state index contributed by atoms with van der Waals surface area (Å²) >= 11 is 1.11. The van der Waals surface area contributed by atoms with Gasteiger partial charge < -0.3 is 9.64 Å². The monoisotopic (exact) mass is 395 g/mol. The quantitative estimate of drug-likeness (QED) is 0.629. The van der Waals surface area contributed by atoms with Gasteiger partial charge in [-0.25, -0.2) is 0 Å². The van der Waals surface area contributed by atoms with Crippen molar-refractivity contribution in [2.24, 2.45) is 5.92 Å². The van der Waals surface area contributed by atoms with Crippen molar-refractivity contribution < 1.29 is 14.3 Å². The van der Waals surface area contributed by atoms with E-state index >= 15 is 0 Å². The highest BCUT2D eigenvalue weighted by Crippen LogP contribution is 2.26. The van der Waals surface area contributed by atoms with Gasteiger partial charge in [-0.1, -0.05) is 22.7 Å². The van der Waals surface area contributed by atoms with Gasteiger partial charge in [0.15, 0.2) is 5.78 Å². The highest BCUT2D eigenvalue weighted by molar-refractivity contribution is 7.07. The van der Waals surface area contributed by atoms with Crippen molar-refractivity contribution in [1.29, 1.82) is 0 Å². The predicted molar refractivity (Wildman–Crippen MR) is 108 cm³/mol. The molecule has 1 aromatic heterocycles. The Morgan fingerprint density at radius 1 is 1.18 bits per heavy atom. The summed E-state index contributed by atoms with van der Waals surface area (Å²) in [4.78, 5) is 28.2. The van der Waals surface area contributed by atoms with Crippen molar-refractivity contribution in [2.45, 2.75) is 19.8 Å². The molecule has 144 valence electrons. The molecule has 0 bridgehead atoms. The average molecular weight is 395 g/mol. The predicted octanol–water partition coefficient (Wildman–Crippen LogP) is 3.74. The van der Waals surface area contributed by atoms with Crippen LogP contribution in [0.25, 0.3) is 10.8 Å². The zero-order chi connectivity index (χ0) is 19.7. The lowest BCUT2D eigenvalue weighted by Crippen LogP contribution is -2.42. The fourth-order valence-corrected chi connectivity index (χ4v) is 4.31. The number of carbonyl (C=O) groups is 2. The van der Waals surface area contributed by atoms with Crippen LogP contribution in [0.5, 0.6) is 5.75 Å². The molecule has 4 rings (SSSR count). The largest absolute Gasteiger partial charge is 0.497 e. The summed E-state index contributed by atoms with van der Waals surface area (Å²) in [5, 5.41) is 5.95. The number of Topliss-reactive ketones (excluding diaryl/α,β-unsaturated/α-hetero) is 1. The van der Waals surface area contributed by atoms with Gasteiger partial charge in [-0.3, -0.25) is 9.59 Å². The average Bonchev–Trinajstić information content (AvgIpc) is 3.17. The van der Waals surface area contributed by atoms with Crippen LogP contribution in [0.2, 0.25) is 0 Å². The number of carbonyl (C=O) groups excluding carboxylic acids is 2. The Balaban J connectivity index is 1.53. The summed E-state index contributed by atoms with van der Waals surface area (Å²) < 4.78 is 9.10. The van der Waals surface area contributed by atoms with Gasteiger partial charge >= 0.3 is 0 Å². The number of hydrogen-bond acceptors (Lipinski definition) is 6. The second-order valence-corrected chi connectivity index (χ2v) is 7.82. The van der Waals surface area contributed by atoms with E-state index in [1.807, 2.05) is 36.4 Å². The van der Waals surface area contributed by atoms with E-state index in [4.69, 9.17) is 4.74 Å². The number of piperidine rings is 1. The zero-order valence-corrected chi connectivity index (χ0v) is 16.7. The molecule has 0 saturated carbocycles. The molecule has 3 aromatic rings. The lowest BCUT2D eigenvalue weighted by molar-refractivity contribution is 0.0640. The Morgan fingerprint density at radius 3 is 2.71 bits per heavy atom. The summed E-state index contributed by atoms with van der Waals surface area (Å²) in [5.74, 6) is 0.625. The zero-order valence-electron chi connectivity index (χ0n) is 15.8. The molecule has 0 radical (unpaired) electrons. The molecule has 0 spiro atoms. The molecule has 1 fully saturated rings. The van der Waals surface area contributed by atoms with E-state index in [-0.39, 0.29) is 17.6 Å². The van der Waals surface area contributed by atoms with Gasteiger partial charge in [0.2, 0.25) is 0 Å². The summed E-state index contributed by atoms with van der Waals surface area (Å²) in [6.45, 7) is 2.89. The van der Waals surface area contributed by atoms with E-state index in [0.29, 0.717) is 29.2 Å². The molecule has 0 unspecified atom stereocenters. The molecular formula is C21H21N3O3S. The first-order valence-electron chi connectivity index (χ1n) is 9.27. The molecule has 6 nitrogen and oxygen atoms in total. The van der Waals surface area contributed by atoms with E-state index in [1.54, 1.807) is 18.9 Å². The summed E-state index contributed by atoms with van der Waals surface area (Å²) in [6, 6.07) is 11.5. The molecule has 2 aromatic carbocycles. The maximum absolute atomic E-state index is 13.1. The van der Waals surface area contributed by atoms with Gasteiger partial charge in [0.25, 0.3) is 5.91 Å². The van der Waals surface area contributed by atoms with Crippen molar-refractivity contribution >= 4 is 34.0 Å². The second kappa shape index (κ2) is 7.67. The van der Waals surface area contributed by atoms with Crippen LogP contribution in [0.1, 0.15) is 38.6 Å². The Hall–Kier alpha value is -2.80. The third-order valence-electron chi connectivity index (χ3n) is 5.26. The van der Waals surface area contributed by atoms with Crippen LogP contribution in [0.4, 0.5) is 0 Å². The highest BCUT2D eigenvalue weighted by Gasteiger charge is 2.31. The van der Waals surface area contributed by atoms with Gasteiger partial charge in [0.1, 0.15) is 10.6 Å². The SMILES string of the molecule is COc1ccc2cc(C(=O)[C@H]3CCCN(C(=O)c4snnc4C)C3)ccc2c1.